The molecule has 0 atom stereocenters. The fourth-order valence-electron chi connectivity index (χ4n) is 1.73. The summed E-state index contributed by atoms with van der Waals surface area (Å²) in [5.74, 6) is 0. The number of thiazole rings is 1. The van der Waals surface area contributed by atoms with E-state index in [4.69, 9.17) is 17.3 Å². The first-order valence-electron chi connectivity index (χ1n) is 5.24. The van der Waals surface area contributed by atoms with Crippen LogP contribution in [-0.2, 0) is 13.1 Å². The summed E-state index contributed by atoms with van der Waals surface area (Å²) in [6.45, 7) is 1.64. The lowest BCUT2D eigenvalue weighted by atomic mass is 10.2. The van der Waals surface area contributed by atoms with Gasteiger partial charge in [0.05, 0.1) is 11.2 Å². The zero-order valence-electron chi connectivity index (χ0n) is 9.56. The van der Waals surface area contributed by atoms with Gasteiger partial charge in [0, 0.05) is 29.2 Å². The minimum absolute atomic E-state index is 0.682. The molecule has 2 aromatic rings. The molecule has 0 amide bonds. The molecule has 1 aromatic heterocycles. The van der Waals surface area contributed by atoms with Crippen molar-refractivity contribution >= 4 is 28.6 Å². The highest BCUT2D eigenvalue weighted by Gasteiger charge is 2.04. The second-order valence-corrected chi connectivity index (χ2v) is 5.20. The smallest absolute Gasteiger partial charge is 0.0795 e. The molecule has 0 aliphatic rings. The number of benzene rings is 1. The summed E-state index contributed by atoms with van der Waals surface area (Å²) in [5, 5.41) is 2.74. The average Bonchev–Trinajstić information content (AvgIpc) is 2.67. The van der Waals surface area contributed by atoms with E-state index in [1.165, 1.54) is 0 Å². The largest absolute Gasteiger partial charge is 0.399 e. The Kier molecular flexibility index (Phi) is 3.99. The fraction of sp³-hybridized carbons (Fsp3) is 0.250. The third kappa shape index (κ3) is 3.70. The van der Waals surface area contributed by atoms with Crippen molar-refractivity contribution in [2.45, 2.75) is 13.1 Å². The molecule has 0 unspecified atom stereocenters. The molecular weight excluding hydrogens is 254 g/mol. The number of nitrogens with two attached hydrogens (primary N) is 1. The molecule has 0 fully saturated rings. The Morgan fingerprint density at radius 2 is 2.18 bits per heavy atom. The minimum atomic E-state index is 0.682. The summed E-state index contributed by atoms with van der Waals surface area (Å²) in [7, 11) is 2.05. The van der Waals surface area contributed by atoms with E-state index in [0.717, 1.165) is 24.3 Å². The Bertz CT molecular complexity index is 464. The van der Waals surface area contributed by atoms with Crippen molar-refractivity contribution in [1.29, 1.82) is 0 Å². The first kappa shape index (κ1) is 12.4. The average molecular weight is 268 g/mol. The Hall–Kier alpha value is -1.10. The van der Waals surface area contributed by atoms with Crippen LogP contribution in [0.2, 0.25) is 5.02 Å². The van der Waals surface area contributed by atoms with Gasteiger partial charge in [0.1, 0.15) is 0 Å². The van der Waals surface area contributed by atoms with Crippen LogP contribution in [-0.4, -0.2) is 16.9 Å². The lowest BCUT2D eigenvalue weighted by Crippen LogP contribution is -2.17. The van der Waals surface area contributed by atoms with Crippen molar-refractivity contribution < 1.29 is 0 Å². The second-order valence-electron chi connectivity index (χ2n) is 4.04. The molecule has 0 aliphatic carbocycles. The molecule has 5 heteroatoms. The molecule has 17 heavy (non-hydrogen) atoms. The second kappa shape index (κ2) is 5.49. The van der Waals surface area contributed by atoms with Gasteiger partial charge in [0.25, 0.3) is 0 Å². The van der Waals surface area contributed by atoms with Crippen LogP contribution in [0, 0.1) is 0 Å². The monoisotopic (exact) mass is 267 g/mol. The molecule has 90 valence electrons. The van der Waals surface area contributed by atoms with Gasteiger partial charge in [-0.1, -0.05) is 11.6 Å². The maximum absolute atomic E-state index is 5.97. The van der Waals surface area contributed by atoms with Crippen molar-refractivity contribution in [3.8, 4) is 0 Å². The third-order valence-electron chi connectivity index (χ3n) is 2.35. The molecule has 2 rings (SSSR count). The van der Waals surface area contributed by atoms with Crippen LogP contribution in [0.25, 0.3) is 0 Å². The summed E-state index contributed by atoms with van der Waals surface area (Å²) < 4.78 is 0. The van der Waals surface area contributed by atoms with Gasteiger partial charge in [-0.25, -0.2) is 4.98 Å². The predicted octanol–water partition coefficient (Wildman–Crippen LogP) is 3.01. The lowest BCUT2D eigenvalue weighted by molar-refractivity contribution is 0.316. The summed E-state index contributed by atoms with van der Waals surface area (Å²) in [5.41, 5.74) is 10.5. The van der Waals surface area contributed by atoms with Crippen molar-refractivity contribution in [3.05, 3.63) is 45.4 Å². The number of hydrogen-bond acceptors (Lipinski definition) is 4. The summed E-state index contributed by atoms with van der Waals surface area (Å²) >= 11 is 7.58. The number of halogens is 1. The van der Waals surface area contributed by atoms with E-state index in [2.05, 4.69) is 22.3 Å². The number of nitrogen functional groups attached to an aromatic ring is 1. The number of anilines is 1. The molecule has 0 spiro atoms. The quantitative estimate of drug-likeness (QED) is 0.866. The van der Waals surface area contributed by atoms with E-state index in [9.17, 15) is 0 Å². The molecule has 0 saturated carbocycles. The topological polar surface area (TPSA) is 42.1 Å². The van der Waals surface area contributed by atoms with Crippen molar-refractivity contribution in [2.75, 3.05) is 12.8 Å². The van der Waals surface area contributed by atoms with Crippen LogP contribution in [0.1, 0.15) is 11.3 Å². The van der Waals surface area contributed by atoms with E-state index in [-0.39, 0.29) is 0 Å². The molecule has 0 bridgehead atoms. The van der Waals surface area contributed by atoms with Crippen molar-refractivity contribution in [2.24, 2.45) is 0 Å². The summed E-state index contributed by atoms with van der Waals surface area (Å²) in [6, 6.07) is 5.64. The molecule has 0 saturated heterocycles. The SMILES string of the molecule is CN(Cc1cc(N)cc(Cl)c1)Cc1cscn1. The standard InChI is InChI=1S/C12H14ClN3S/c1-16(6-12-7-17-8-15-12)5-9-2-10(13)4-11(14)3-9/h2-4,7-8H,5-6,14H2,1H3. The highest BCUT2D eigenvalue weighted by atomic mass is 35.5. The number of hydrogen-bond donors (Lipinski definition) is 1. The molecule has 0 radical (unpaired) electrons. The Balaban J connectivity index is 2.00. The lowest BCUT2D eigenvalue weighted by Gasteiger charge is -2.15. The normalized spacial score (nSPS) is 11.0. The Labute approximate surface area is 110 Å². The maximum Gasteiger partial charge on any atom is 0.0795 e. The van der Waals surface area contributed by atoms with E-state index in [1.807, 2.05) is 17.6 Å². The van der Waals surface area contributed by atoms with E-state index in [1.54, 1.807) is 17.4 Å². The van der Waals surface area contributed by atoms with Gasteiger partial charge in [-0.15, -0.1) is 11.3 Å². The van der Waals surface area contributed by atoms with Crippen LogP contribution in [0.4, 0.5) is 5.69 Å². The molecule has 1 heterocycles. The van der Waals surface area contributed by atoms with Gasteiger partial charge in [-0.05, 0) is 30.8 Å². The van der Waals surface area contributed by atoms with Gasteiger partial charge in [-0.2, -0.15) is 0 Å². The van der Waals surface area contributed by atoms with Gasteiger partial charge in [0.15, 0.2) is 0 Å². The molecule has 0 aliphatic heterocycles. The van der Waals surface area contributed by atoms with E-state index < -0.39 is 0 Å². The van der Waals surface area contributed by atoms with E-state index in [0.29, 0.717) is 10.7 Å². The first-order chi connectivity index (χ1) is 8.13. The first-order valence-corrected chi connectivity index (χ1v) is 6.56. The van der Waals surface area contributed by atoms with Crippen molar-refractivity contribution in [3.63, 3.8) is 0 Å². The zero-order chi connectivity index (χ0) is 12.3. The van der Waals surface area contributed by atoms with Gasteiger partial charge >= 0.3 is 0 Å². The number of nitrogens with zero attached hydrogens (tertiary/aromatic N) is 2. The number of aromatic nitrogens is 1. The summed E-state index contributed by atoms with van der Waals surface area (Å²) in [6.07, 6.45) is 0. The van der Waals surface area contributed by atoms with Crippen LogP contribution in [0.3, 0.4) is 0 Å². The molecule has 1 aromatic carbocycles. The fourth-order valence-corrected chi connectivity index (χ4v) is 2.54. The molecular formula is C12H14ClN3S. The van der Waals surface area contributed by atoms with Crippen molar-refractivity contribution in [1.82, 2.24) is 9.88 Å². The number of rotatable bonds is 4. The van der Waals surface area contributed by atoms with Gasteiger partial charge in [0.2, 0.25) is 0 Å². The van der Waals surface area contributed by atoms with Crippen LogP contribution < -0.4 is 5.73 Å². The minimum Gasteiger partial charge on any atom is -0.399 e. The summed E-state index contributed by atoms with van der Waals surface area (Å²) in [4.78, 5) is 6.44. The Morgan fingerprint density at radius 3 is 2.82 bits per heavy atom. The van der Waals surface area contributed by atoms with Crippen LogP contribution in [0.5, 0.6) is 0 Å². The predicted molar refractivity (Wildman–Crippen MR) is 73.1 cm³/mol. The third-order valence-corrected chi connectivity index (χ3v) is 3.20. The molecule has 3 nitrogen and oxygen atoms in total. The maximum atomic E-state index is 5.97. The van der Waals surface area contributed by atoms with Crippen LogP contribution in [0.15, 0.2) is 29.1 Å². The van der Waals surface area contributed by atoms with Gasteiger partial charge < -0.3 is 5.73 Å². The highest BCUT2D eigenvalue weighted by molar-refractivity contribution is 7.07. The van der Waals surface area contributed by atoms with Crippen LogP contribution >= 0.6 is 22.9 Å². The zero-order valence-corrected chi connectivity index (χ0v) is 11.1. The Morgan fingerprint density at radius 1 is 1.35 bits per heavy atom. The van der Waals surface area contributed by atoms with Gasteiger partial charge in [-0.3, -0.25) is 4.90 Å². The molecule has 2 N–H and O–H groups in total. The van der Waals surface area contributed by atoms with E-state index >= 15 is 0 Å². The highest BCUT2D eigenvalue weighted by Crippen LogP contribution is 2.18.